The van der Waals surface area contributed by atoms with Gasteiger partial charge in [0.15, 0.2) is 0 Å². The molecule has 0 atom stereocenters. The number of aromatic nitrogens is 1. The Hall–Kier alpha value is -1.62. The molecular formula is C14H18N2O3. The van der Waals surface area contributed by atoms with Gasteiger partial charge in [-0.15, -0.1) is 0 Å². The van der Waals surface area contributed by atoms with E-state index in [1.807, 2.05) is 12.1 Å². The van der Waals surface area contributed by atoms with E-state index in [4.69, 9.17) is 4.74 Å². The van der Waals surface area contributed by atoms with Crippen molar-refractivity contribution in [1.82, 2.24) is 4.98 Å². The van der Waals surface area contributed by atoms with Crippen molar-refractivity contribution in [2.45, 2.75) is 37.7 Å². The summed E-state index contributed by atoms with van der Waals surface area (Å²) in [7, 11) is 0. The minimum Gasteiger partial charge on any atom is -0.447 e. The summed E-state index contributed by atoms with van der Waals surface area (Å²) in [6.07, 6.45) is 4.98. The van der Waals surface area contributed by atoms with Crippen molar-refractivity contribution < 1.29 is 14.6 Å². The third-order valence-electron chi connectivity index (χ3n) is 3.96. The number of nitrogens with zero attached hydrogens (tertiary/aromatic N) is 2. The summed E-state index contributed by atoms with van der Waals surface area (Å²) in [5.74, 6) is 0.433. The molecule has 1 amide bonds. The molecule has 1 N–H and O–H groups in total. The maximum absolute atomic E-state index is 11.4. The number of amides is 1. The van der Waals surface area contributed by atoms with Crippen LogP contribution in [0.1, 0.15) is 37.3 Å². The second kappa shape index (κ2) is 5.17. The highest BCUT2D eigenvalue weighted by Crippen LogP contribution is 2.32. The van der Waals surface area contributed by atoms with Crippen molar-refractivity contribution >= 4 is 11.8 Å². The van der Waals surface area contributed by atoms with Crippen LogP contribution in [-0.4, -0.2) is 35.4 Å². The molecule has 19 heavy (non-hydrogen) atoms. The standard InChI is InChI=1S/C14H18N2O3/c17-12-4-1-10(2-5-12)13-6-3-11(9-15-13)16-7-8-19-14(16)18/h3,6,9-10,12,17H,1-2,4-5,7-8H2/t10-,12-. The largest absolute Gasteiger partial charge is 0.447 e. The molecule has 0 unspecified atom stereocenters. The van der Waals surface area contributed by atoms with E-state index < -0.39 is 0 Å². The van der Waals surface area contributed by atoms with Crippen LogP contribution in [0, 0.1) is 0 Å². The SMILES string of the molecule is O=C1OCCN1c1ccc([C@H]2CC[C@H](O)CC2)nc1. The topological polar surface area (TPSA) is 62.7 Å². The predicted molar refractivity (Wildman–Crippen MR) is 70.1 cm³/mol. The van der Waals surface area contributed by atoms with Gasteiger partial charge in [0.25, 0.3) is 0 Å². The smallest absolute Gasteiger partial charge is 0.414 e. The van der Waals surface area contributed by atoms with Crippen LogP contribution in [0.2, 0.25) is 0 Å². The molecule has 2 fully saturated rings. The molecule has 0 aromatic carbocycles. The van der Waals surface area contributed by atoms with E-state index in [1.54, 1.807) is 11.1 Å². The maximum Gasteiger partial charge on any atom is 0.414 e. The average Bonchev–Trinajstić information content (AvgIpc) is 2.86. The molecule has 0 spiro atoms. The quantitative estimate of drug-likeness (QED) is 0.886. The molecule has 1 aliphatic carbocycles. The fourth-order valence-corrected chi connectivity index (χ4v) is 2.80. The van der Waals surface area contributed by atoms with E-state index >= 15 is 0 Å². The Bertz CT molecular complexity index is 452. The second-order valence-electron chi connectivity index (χ2n) is 5.21. The van der Waals surface area contributed by atoms with Crippen molar-refractivity contribution in [3.05, 3.63) is 24.0 Å². The van der Waals surface area contributed by atoms with Crippen LogP contribution in [-0.2, 0) is 4.74 Å². The maximum atomic E-state index is 11.4. The van der Waals surface area contributed by atoms with Crippen LogP contribution >= 0.6 is 0 Å². The third-order valence-corrected chi connectivity index (χ3v) is 3.96. The Morgan fingerprint density at radius 1 is 1.26 bits per heavy atom. The van der Waals surface area contributed by atoms with Crippen molar-refractivity contribution in [1.29, 1.82) is 0 Å². The van der Waals surface area contributed by atoms with Gasteiger partial charge in [-0.1, -0.05) is 0 Å². The molecule has 0 radical (unpaired) electrons. The molecule has 3 rings (SSSR count). The molecule has 1 aromatic rings. The first kappa shape index (κ1) is 12.4. The zero-order valence-electron chi connectivity index (χ0n) is 10.8. The summed E-state index contributed by atoms with van der Waals surface area (Å²) >= 11 is 0. The molecule has 0 bridgehead atoms. The van der Waals surface area contributed by atoms with Crippen molar-refractivity contribution in [2.75, 3.05) is 18.1 Å². The summed E-state index contributed by atoms with van der Waals surface area (Å²) in [5, 5.41) is 9.51. The van der Waals surface area contributed by atoms with Gasteiger partial charge in [-0.3, -0.25) is 9.88 Å². The molecule has 5 heteroatoms. The first-order valence-electron chi connectivity index (χ1n) is 6.82. The number of carbonyl (C=O) groups is 1. The third kappa shape index (κ3) is 2.56. The summed E-state index contributed by atoms with van der Waals surface area (Å²) in [5.41, 5.74) is 1.85. The molecular weight excluding hydrogens is 244 g/mol. The fourth-order valence-electron chi connectivity index (χ4n) is 2.80. The number of pyridine rings is 1. The Labute approximate surface area is 112 Å². The van der Waals surface area contributed by atoms with Crippen LogP contribution in [0.3, 0.4) is 0 Å². The number of hydrogen-bond donors (Lipinski definition) is 1. The molecule has 1 aliphatic heterocycles. The lowest BCUT2D eigenvalue weighted by Gasteiger charge is -2.25. The van der Waals surface area contributed by atoms with Crippen molar-refractivity contribution in [2.24, 2.45) is 0 Å². The highest BCUT2D eigenvalue weighted by molar-refractivity contribution is 5.89. The number of carbonyl (C=O) groups excluding carboxylic acids is 1. The van der Waals surface area contributed by atoms with Gasteiger partial charge in [0.2, 0.25) is 0 Å². The Balaban J connectivity index is 1.70. The molecule has 2 heterocycles. The van der Waals surface area contributed by atoms with Crippen LogP contribution in [0.4, 0.5) is 10.5 Å². The fraction of sp³-hybridized carbons (Fsp3) is 0.571. The Morgan fingerprint density at radius 2 is 2.05 bits per heavy atom. The van der Waals surface area contributed by atoms with Crippen LogP contribution in [0.15, 0.2) is 18.3 Å². The lowest BCUT2D eigenvalue weighted by atomic mass is 9.85. The van der Waals surface area contributed by atoms with Gasteiger partial charge in [-0.05, 0) is 37.8 Å². The first-order valence-corrected chi connectivity index (χ1v) is 6.82. The monoisotopic (exact) mass is 262 g/mol. The van der Waals surface area contributed by atoms with Gasteiger partial charge < -0.3 is 9.84 Å². The number of ether oxygens (including phenoxy) is 1. The molecule has 2 aliphatic rings. The van der Waals surface area contributed by atoms with Crippen LogP contribution in [0.25, 0.3) is 0 Å². The molecule has 1 saturated carbocycles. The molecule has 5 nitrogen and oxygen atoms in total. The average molecular weight is 262 g/mol. The van der Waals surface area contributed by atoms with Gasteiger partial charge in [0.05, 0.1) is 24.5 Å². The first-order chi connectivity index (χ1) is 9.24. The zero-order valence-corrected chi connectivity index (χ0v) is 10.8. The number of aliphatic hydroxyl groups excluding tert-OH is 1. The van der Waals surface area contributed by atoms with Gasteiger partial charge in [0.1, 0.15) is 6.61 Å². The minimum atomic E-state index is -0.296. The van der Waals surface area contributed by atoms with Crippen molar-refractivity contribution in [3.63, 3.8) is 0 Å². The minimum absolute atomic E-state index is 0.144. The number of hydrogen-bond acceptors (Lipinski definition) is 4. The van der Waals surface area contributed by atoms with E-state index in [0.717, 1.165) is 37.1 Å². The second-order valence-corrected chi connectivity index (χ2v) is 5.21. The Morgan fingerprint density at radius 3 is 2.63 bits per heavy atom. The Kier molecular flexibility index (Phi) is 3.38. The molecule has 1 aromatic heterocycles. The van der Waals surface area contributed by atoms with Gasteiger partial charge in [0, 0.05) is 11.6 Å². The number of rotatable bonds is 2. The van der Waals surface area contributed by atoms with Crippen LogP contribution in [0.5, 0.6) is 0 Å². The van der Waals surface area contributed by atoms with Crippen LogP contribution < -0.4 is 4.90 Å². The van der Waals surface area contributed by atoms with E-state index in [1.165, 1.54) is 0 Å². The summed E-state index contributed by atoms with van der Waals surface area (Å²) in [6, 6.07) is 3.92. The lowest BCUT2D eigenvalue weighted by Crippen LogP contribution is -2.23. The van der Waals surface area contributed by atoms with Gasteiger partial charge in [-0.2, -0.15) is 0 Å². The molecule has 1 saturated heterocycles. The van der Waals surface area contributed by atoms with Crippen molar-refractivity contribution in [3.8, 4) is 0 Å². The van der Waals surface area contributed by atoms with E-state index in [0.29, 0.717) is 19.1 Å². The van der Waals surface area contributed by atoms with Gasteiger partial charge >= 0.3 is 6.09 Å². The molecule has 102 valence electrons. The van der Waals surface area contributed by atoms with E-state index in [9.17, 15) is 9.90 Å². The highest BCUT2D eigenvalue weighted by atomic mass is 16.6. The normalized spacial score (nSPS) is 27.4. The van der Waals surface area contributed by atoms with E-state index in [-0.39, 0.29) is 12.2 Å². The number of anilines is 1. The van der Waals surface area contributed by atoms with Gasteiger partial charge in [-0.25, -0.2) is 4.79 Å². The summed E-state index contributed by atoms with van der Waals surface area (Å²) in [4.78, 5) is 17.5. The number of cyclic esters (lactones) is 1. The van der Waals surface area contributed by atoms with E-state index in [2.05, 4.69) is 4.98 Å². The number of aliphatic hydroxyl groups is 1. The highest BCUT2D eigenvalue weighted by Gasteiger charge is 2.25. The zero-order chi connectivity index (χ0) is 13.2. The summed E-state index contributed by atoms with van der Waals surface area (Å²) < 4.78 is 4.91. The predicted octanol–water partition coefficient (Wildman–Crippen LogP) is 2.06. The summed E-state index contributed by atoms with van der Waals surface area (Å²) in [6.45, 7) is 1.04. The lowest BCUT2D eigenvalue weighted by molar-refractivity contribution is 0.122.